The number of ether oxygens (including phenoxy) is 3. The van der Waals surface area contributed by atoms with E-state index in [0.29, 0.717) is 46.8 Å². The van der Waals surface area contributed by atoms with Gasteiger partial charge in [0.2, 0.25) is 0 Å². The minimum atomic E-state index is -0.506. The average Bonchev–Trinajstić information content (AvgIpc) is 3.52. The Bertz CT molecular complexity index is 1290. The third-order valence-electron chi connectivity index (χ3n) is 6.90. The van der Waals surface area contributed by atoms with Crippen molar-refractivity contribution < 1.29 is 18.6 Å². The summed E-state index contributed by atoms with van der Waals surface area (Å²) >= 11 is 5.98. The van der Waals surface area contributed by atoms with Crippen LogP contribution in [0.25, 0.3) is 16.9 Å². The normalized spacial score (nSPS) is 25.0. The van der Waals surface area contributed by atoms with Crippen LogP contribution in [-0.2, 0) is 27.4 Å². The lowest BCUT2D eigenvalue weighted by Crippen LogP contribution is -2.32. The molecule has 1 unspecified atom stereocenters. The third-order valence-corrected chi connectivity index (χ3v) is 7.14. The molecule has 3 aliphatic heterocycles. The molecular weight excluding hydrogens is 449 g/mol. The van der Waals surface area contributed by atoms with Crippen LogP contribution in [0.3, 0.4) is 0 Å². The molecule has 0 amide bonds. The first kappa shape index (κ1) is 21.2. The van der Waals surface area contributed by atoms with E-state index in [4.69, 9.17) is 30.8 Å². The monoisotopic (exact) mass is 471 g/mol. The fourth-order valence-electron chi connectivity index (χ4n) is 5.09. The number of hydrogen-bond donors (Lipinski definition) is 0. The highest BCUT2D eigenvalue weighted by molar-refractivity contribution is 6.30. The Morgan fingerprint density at radius 1 is 1.12 bits per heavy atom. The lowest BCUT2D eigenvalue weighted by atomic mass is 9.86. The van der Waals surface area contributed by atoms with Crippen molar-refractivity contribution in [3.05, 3.63) is 62.5 Å². The molecule has 33 heavy (non-hydrogen) atoms. The third kappa shape index (κ3) is 3.75. The van der Waals surface area contributed by atoms with Crippen LogP contribution in [0.1, 0.15) is 42.1 Å². The van der Waals surface area contributed by atoms with Crippen molar-refractivity contribution in [1.82, 2.24) is 14.4 Å². The van der Waals surface area contributed by atoms with Gasteiger partial charge in [0, 0.05) is 41.8 Å². The quantitative estimate of drug-likeness (QED) is 0.577. The first-order valence-electron chi connectivity index (χ1n) is 11.3. The number of fused-ring (bicyclic) bond motifs is 2. The number of halogens is 2. The molecule has 0 N–H and O–H groups in total. The first-order chi connectivity index (χ1) is 16.1. The van der Waals surface area contributed by atoms with Gasteiger partial charge in [-0.15, -0.1) is 0 Å². The summed E-state index contributed by atoms with van der Waals surface area (Å²) in [6, 6.07) is 4.45. The second kappa shape index (κ2) is 8.43. The van der Waals surface area contributed by atoms with Crippen LogP contribution in [0.2, 0.25) is 5.02 Å². The summed E-state index contributed by atoms with van der Waals surface area (Å²) in [5.41, 5.74) is 2.58. The number of aromatic nitrogens is 3. The van der Waals surface area contributed by atoms with E-state index in [1.165, 1.54) is 10.5 Å². The van der Waals surface area contributed by atoms with E-state index in [1.54, 1.807) is 18.3 Å². The van der Waals surface area contributed by atoms with Gasteiger partial charge in [-0.05, 0) is 37.5 Å². The van der Waals surface area contributed by atoms with Crippen LogP contribution >= 0.6 is 11.6 Å². The average molecular weight is 472 g/mol. The summed E-state index contributed by atoms with van der Waals surface area (Å²) in [6.07, 6.45) is 4.40. The summed E-state index contributed by atoms with van der Waals surface area (Å²) in [6.45, 7) is 2.57. The largest absolute Gasteiger partial charge is 0.381 e. The fraction of sp³-hybridized carbons (Fsp3) is 0.458. The molecule has 2 fully saturated rings. The molecule has 0 spiro atoms. The van der Waals surface area contributed by atoms with Crippen molar-refractivity contribution in [2.45, 2.75) is 44.5 Å². The lowest BCUT2D eigenvalue weighted by Gasteiger charge is -2.32. The van der Waals surface area contributed by atoms with Gasteiger partial charge in [0.25, 0.3) is 5.56 Å². The van der Waals surface area contributed by atoms with Gasteiger partial charge in [0.15, 0.2) is 5.65 Å². The fourth-order valence-corrected chi connectivity index (χ4v) is 5.24. The van der Waals surface area contributed by atoms with Gasteiger partial charge in [-0.2, -0.15) is 0 Å². The number of nitrogens with zero attached hydrogens (tertiary/aromatic N) is 3. The van der Waals surface area contributed by atoms with Crippen molar-refractivity contribution in [2.75, 3.05) is 19.8 Å². The molecule has 2 saturated heterocycles. The van der Waals surface area contributed by atoms with Gasteiger partial charge in [0.1, 0.15) is 11.5 Å². The standard InChI is InChI=1S/C24H23ClFN3O4/c25-15-1-2-16(18(26)8-15)22-23-28-20-12-32-11-17(20)24(30)29(23)9-19(27-22)13-4-6-33-21(7-13)14-3-5-31-10-14/h1-2,8-9,13-14,21H,3-7,10-12H2/t13-,14?,21+/m1/s1. The van der Waals surface area contributed by atoms with E-state index >= 15 is 0 Å². The van der Waals surface area contributed by atoms with Gasteiger partial charge in [-0.1, -0.05) is 11.6 Å². The smallest absolute Gasteiger partial charge is 0.263 e. The number of benzene rings is 1. The molecular formula is C24H23ClFN3O4. The zero-order valence-electron chi connectivity index (χ0n) is 17.9. The van der Waals surface area contributed by atoms with Gasteiger partial charge in [-0.25, -0.2) is 14.4 Å². The molecule has 172 valence electrons. The summed E-state index contributed by atoms with van der Waals surface area (Å²) in [5.74, 6) is -0.0569. The zero-order valence-corrected chi connectivity index (χ0v) is 18.7. The predicted molar refractivity (Wildman–Crippen MR) is 119 cm³/mol. The molecule has 0 aliphatic carbocycles. The Hall–Kier alpha value is -2.39. The Balaban J connectivity index is 1.51. The van der Waals surface area contributed by atoms with Crippen molar-refractivity contribution in [3.63, 3.8) is 0 Å². The maximum Gasteiger partial charge on any atom is 0.263 e. The van der Waals surface area contributed by atoms with Crippen LogP contribution in [0.15, 0.2) is 29.2 Å². The Morgan fingerprint density at radius 3 is 2.85 bits per heavy atom. The highest BCUT2D eigenvalue weighted by atomic mass is 35.5. The van der Waals surface area contributed by atoms with Gasteiger partial charge in [0.05, 0.1) is 42.9 Å². The van der Waals surface area contributed by atoms with Crippen molar-refractivity contribution >= 4 is 17.2 Å². The van der Waals surface area contributed by atoms with E-state index in [-0.39, 0.29) is 36.4 Å². The van der Waals surface area contributed by atoms with Crippen molar-refractivity contribution in [3.8, 4) is 11.3 Å². The van der Waals surface area contributed by atoms with Crippen molar-refractivity contribution in [1.29, 1.82) is 0 Å². The van der Waals surface area contributed by atoms with E-state index in [0.717, 1.165) is 31.6 Å². The SMILES string of the molecule is O=c1c2c(nc3c(-c4ccc(Cl)cc4F)nc([C@@H]4CCO[C@H](C5CCOC5)C4)cn13)COC2. The predicted octanol–water partition coefficient (Wildman–Crippen LogP) is 3.88. The maximum absolute atomic E-state index is 15.0. The first-order valence-corrected chi connectivity index (χ1v) is 11.6. The Labute approximate surface area is 194 Å². The molecule has 5 heterocycles. The second-order valence-corrected chi connectivity index (χ2v) is 9.36. The van der Waals surface area contributed by atoms with Gasteiger partial charge in [-0.3, -0.25) is 9.20 Å². The number of hydrogen-bond acceptors (Lipinski definition) is 6. The molecule has 7 nitrogen and oxygen atoms in total. The minimum Gasteiger partial charge on any atom is -0.381 e. The maximum atomic E-state index is 15.0. The molecule has 6 rings (SSSR count). The molecule has 3 aliphatic rings. The van der Waals surface area contributed by atoms with E-state index < -0.39 is 5.82 Å². The lowest BCUT2D eigenvalue weighted by molar-refractivity contribution is -0.0311. The number of rotatable bonds is 3. The summed E-state index contributed by atoms with van der Waals surface area (Å²) in [7, 11) is 0. The van der Waals surface area contributed by atoms with Crippen molar-refractivity contribution in [2.24, 2.45) is 5.92 Å². The second-order valence-electron chi connectivity index (χ2n) is 8.92. The Morgan fingerprint density at radius 2 is 2.03 bits per heavy atom. The minimum absolute atomic E-state index is 0.0827. The summed E-state index contributed by atoms with van der Waals surface area (Å²) in [5, 5.41) is 0.294. The highest BCUT2D eigenvalue weighted by Crippen LogP contribution is 2.36. The molecule has 3 atom stereocenters. The van der Waals surface area contributed by atoms with E-state index in [1.807, 2.05) is 0 Å². The van der Waals surface area contributed by atoms with E-state index in [9.17, 15) is 9.18 Å². The molecule has 3 aromatic rings. The Kier molecular flexibility index (Phi) is 5.41. The van der Waals surface area contributed by atoms with Gasteiger partial charge < -0.3 is 14.2 Å². The molecule has 1 aromatic carbocycles. The summed E-state index contributed by atoms with van der Waals surface area (Å²) in [4.78, 5) is 22.8. The molecule has 2 aromatic heterocycles. The summed E-state index contributed by atoms with van der Waals surface area (Å²) < 4.78 is 33.5. The highest BCUT2D eigenvalue weighted by Gasteiger charge is 2.34. The van der Waals surface area contributed by atoms with Crippen LogP contribution in [0, 0.1) is 11.7 Å². The van der Waals surface area contributed by atoms with Gasteiger partial charge >= 0.3 is 0 Å². The zero-order chi connectivity index (χ0) is 22.5. The molecule has 0 bridgehead atoms. The molecule has 9 heteroatoms. The van der Waals surface area contributed by atoms with Crippen LogP contribution in [-0.4, -0.2) is 40.3 Å². The van der Waals surface area contributed by atoms with Crippen LogP contribution in [0.4, 0.5) is 4.39 Å². The molecule has 0 radical (unpaired) electrons. The van der Waals surface area contributed by atoms with Crippen LogP contribution in [0.5, 0.6) is 0 Å². The topological polar surface area (TPSA) is 75.0 Å². The van der Waals surface area contributed by atoms with Crippen LogP contribution < -0.4 is 5.56 Å². The molecule has 0 saturated carbocycles. The van der Waals surface area contributed by atoms with E-state index in [2.05, 4.69) is 4.98 Å².